The van der Waals surface area contributed by atoms with Gasteiger partial charge in [0.25, 0.3) is 11.8 Å². The number of hydrogen-bond acceptors (Lipinski definition) is 3. The lowest BCUT2D eigenvalue weighted by Gasteiger charge is -2.37. The van der Waals surface area contributed by atoms with Crippen molar-refractivity contribution in [3.63, 3.8) is 0 Å². The molecular formula is C22H28N3O3+. The molecule has 1 unspecified atom stereocenters. The van der Waals surface area contributed by atoms with E-state index in [1.54, 1.807) is 0 Å². The molecule has 0 saturated heterocycles. The summed E-state index contributed by atoms with van der Waals surface area (Å²) in [6.07, 6.45) is 0. The van der Waals surface area contributed by atoms with Crippen molar-refractivity contribution in [2.45, 2.75) is 25.9 Å². The lowest BCUT2D eigenvalue weighted by atomic mass is 10.0. The summed E-state index contributed by atoms with van der Waals surface area (Å²) in [5.41, 5.74) is 1.80. The minimum Gasteiger partial charge on any atom is -0.489 e. The Morgan fingerprint density at radius 3 is 2.50 bits per heavy atom. The van der Waals surface area contributed by atoms with E-state index in [1.807, 2.05) is 80.4 Å². The molecule has 2 N–H and O–H groups in total. The van der Waals surface area contributed by atoms with Crippen LogP contribution in [0.2, 0.25) is 0 Å². The van der Waals surface area contributed by atoms with Gasteiger partial charge >= 0.3 is 0 Å². The molecule has 2 atom stereocenters. The highest BCUT2D eigenvalue weighted by molar-refractivity contribution is 5.97. The van der Waals surface area contributed by atoms with Crippen LogP contribution in [-0.2, 0) is 9.59 Å². The lowest BCUT2D eigenvalue weighted by Crippen LogP contribution is -3.11. The third-order valence-corrected chi connectivity index (χ3v) is 4.65. The number of rotatable bonds is 6. The molecular weight excluding hydrogens is 354 g/mol. The lowest BCUT2D eigenvalue weighted by molar-refractivity contribution is -0.862. The molecule has 2 aromatic carbocycles. The smallest absolute Gasteiger partial charge is 0.282 e. The zero-order valence-electron chi connectivity index (χ0n) is 16.6. The molecule has 6 heteroatoms. The fraction of sp³-hybridized carbons (Fsp3) is 0.364. The maximum Gasteiger partial charge on any atom is 0.282 e. The van der Waals surface area contributed by atoms with E-state index in [9.17, 15) is 9.59 Å². The first-order valence-electron chi connectivity index (χ1n) is 9.65. The first kappa shape index (κ1) is 19.9. The summed E-state index contributed by atoms with van der Waals surface area (Å²) in [7, 11) is 1.86. The van der Waals surface area contributed by atoms with Gasteiger partial charge in [-0.25, -0.2) is 0 Å². The van der Waals surface area contributed by atoms with Gasteiger partial charge < -0.3 is 15.0 Å². The van der Waals surface area contributed by atoms with Crippen molar-refractivity contribution in [2.24, 2.45) is 0 Å². The van der Waals surface area contributed by atoms with Crippen molar-refractivity contribution < 1.29 is 19.2 Å². The van der Waals surface area contributed by atoms with E-state index in [0.717, 1.165) is 16.2 Å². The van der Waals surface area contributed by atoms with Crippen molar-refractivity contribution >= 4 is 17.5 Å². The molecule has 1 heterocycles. The van der Waals surface area contributed by atoms with Gasteiger partial charge in [0, 0.05) is 6.04 Å². The van der Waals surface area contributed by atoms with E-state index in [2.05, 4.69) is 5.32 Å². The quantitative estimate of drug-likeness (QED) is 0.789. The van der Waals surface area contributed by atoms with E-state index in [-0.39, 0.29) is 37.0 Å². The van der Waals surface area contributed by atoms with Crippen molar-refractivity contribution in [3.05, 3.63) is 60.2 Å². The summed E-state index contributed by atoms with van der Waals surface area (Å²) in [5, 5.41) is 2.87. The predicted octanol–water partition coefficient (Wildman–Crippen LogP) is 1.19. The molecule has 148 valence electrons. The zero-order valence-corrected chi connectivity index (χ0v) is 16.6. The summed E-state index contributed by atoms with van der Waals surface area (Å²) >= 11 is 0. The summed E-state index contributed by atoms with van der Waals surface area (Å²) in [6, 6.07) is 17.4. The number of anilines is 1. The Hall–Kier alpha value is -2.86. The van der Waals surface area contributed by atoms with Gasteiger partial charge in [0.15, 0.2) is 13.1 Å². The second kappa shape index (κ2) is 8.89. The van der Waals surface area contributed by atoms with Crippen LogP contribution in [0.15, 0.2) is 54.6 Å². The number of amides is 2. The van der Waals surface area contributed by atoms with Crippen LogP contribution in [0.4, 0.5) is 5.69 Å². The fourth-order valence-corrected chi connectivity index (χ4v) is 3.47. The summed E-state index contributed by atoms with van der Waals surface area (Å²) in [4.78, 5) is 28.0. The number of nitrogens with one attached hydrogen (secondary N) is 2. The third-order valence-electron chi connectivity index (χ3n) is 4.65. The molecule has 0 saturated carbocycles. The average molecular weight is 382 g/mol. The minimum absolute atomic E-state index is 0.0283. The topological polar surface area (TPSA) is 63.1 Å². The standard InChI is InChI=1S/C22H27N3O3/c1-16(2)23-21(26)13-24(3)14-22(27)25-18-11-7-8-12-20(18)28-15-19(25)17-9-5-4-6-10-17/h4-12,16,19H,13-15H2,1-3H3,(H,23,26)/p+1/t19-/m1/s1. The molecule has 0 aromatic heterocycles. The Morgan fingerprint density at radius 1 is 1.11 bits per heavy atom. The molecule has 2 amide bonds. The Labute approximate surface area is 166 Å². The van der Waals surface area contributed by atoms with E-state index < -0.39 is 0 Å². The number of ether oxygens (including phenoxy) is 1. The van der Waals surface area contributed by atoms with Crippen LogP contribution in [0, 0.1) is 0 Å². The highest BCUT2D eigenvalue weighted by atomic mass is 16.5. The maximum atomic E-state index is 13.3. The molecule has 0 bridgehead atoms. The second-order valence-corrected chi connectivity index (χ2v) is 7.50. The maximum absolute atomic E-state index is 13.3. The normalized spacial score (nSPS) is 16.9. The van der Waals surface area contributed by atoms with Crippen LogP contribution < -0.4 is 19.9 Å². The molecule has 6 nitrogen and oxygen atoms in total. The molecule has 3 rings (SSSR count). The van der Waals surface area contributed by atoms with E-state index >= 15 is 0 Å². The highest BCUT2D eigenvalue weighted by Gasteiger charge is 2.34. The molecule has 1 aliphatic rings. The number of carbonyl (C=O) groups is 2. The zero-order chi connectivity index (χ0) is 20.1. The fourth-order valence-electron chi connectivity index (χ4n) is 3.47. The highest BCUT2D eigenvalue weighted by Crippen LogP contribution is 2.39. The molecule has 0 aliphatic carbocycles. The van der Waals surface area contributed by atoms with E-state index in [1.165, 1.54) is 0 Å². The van der Waals surface area contributed by atoms with Crippen LogP contribution in [0.25, 0.3) is 0 Å². The molecule has 0 spiro atoms. The van der Waals surface area contributed by atoms with Gasteiger partial charge in [-0.3, -0.25) is 14.5 Å². The molecule has 2 aromatic rings. The van der Waals surface area contributed by atoms with Crippen molar-refractivity contribution in [1.29, 1.82) is 0 Å². The van der Waals surface area contributed by atoms with Gasteiger partial charge in [0.05, 0.1) is 18.8 Å². The number of benzene rings is 2. The van der Waals surface area contributed by atoms with E-state index in [0.29, 0.717) is 12.4 Å². The molecule has 0 fully saturated rings. The summed E-state index contributed by atoms with van der Waals surface area (Å²) < 4.78 is 5.92. The summed E-state index contributed by atoms with van der Waals surface area (Å²) in [6.45, 7) is 4.73. The number of likely N-dealkylation sites (N-methyl/N-ethyl adjacent to an activating group) is 1. The van der Waals surface area contributed by atoms with Gasteiger partial charge in [0.2, 0.25) is 0 Å². The first-order chi connectivity index (χ1) is 13.5. The van der Waals surface area contributed by atoms with Gasteiger partial charge in [0.1, 0.15) is 12.4 Å². The number of fused-ring (bicyclic) bond motifs is 1. The van der Waals surface area contributed by atoms with Gasteiger partial charge in [-0.15, -0.1) is 0 Å². The Morgan fingerprint density at radius 2 is 1.79 bits per heavy atom. The van der Waals surface area contributed by atoms with Gasteiger partial charge in [-0.1, -0.05) is 42.5 Å². The van der Waals surface area contributed by atoms with Crippen molar-refractivity contribution in [2.75, 3.05) is 31.6 Å². The monoisotopic (exact) mass is 382 g/mol. The molecule has 1 aliphatic heterocycles. The Kier molecular flexibility index (Phi) is 6.31. The van der Waals surface area contributed by atoms with Crippen LogP contribution in [0.1, 0.15) is 25.5 Å². The van der Waals surface area contributed by atoms with Crippen LogP contribution in [0.3, 0.4) is 0 Å². The van der Waals surface area contributed by atoms with Crippen molar-refractivity contribution in [3.8, 4) is 5.75 Å². The average Bonchev–Trinajstić information content (AvgIpc) is 2.66. The van der Waals surface area contributed by atoms with Crippen LogP contribution >= 0.6 is 0 Å². The van der Waals surface area contributed by atoms with Crippen LogP contribution in [-0.4, -0.2) is 44.6 Å². The number of hydrogen-bond donors (Lipinski definition) is 2. The Bertz CT molecular complexity index is 823. The van der Waals surface area contributed by atoms with Crippen molar-refractivity contribution in [1.82, 2.24) is 5.32 Å². The van der Waals surface area contributed by atoms with Gasteiger partial charge in [-0.05, 0) is 31.5 Å². The number of quaternary nitrogens is 1. The molecule has 28 heavy (non-hydrogen) atoms. The Balaban J connectivity index is 1.80. The largest absolute Gasteiger partial charge is 0.489 e. The molecule has 0 radical (unpaired) electrons. The second-order valence-electron chi connectivity index (χ2n) is 7.50. The van der Waals surface area contributed by atoms with E-state index in [4.69, 9.17) is 4.74 Å². The SMILES string of the molecule is CC(C)NC(=O)C[NH+](C)CC(=O)N1c2ccccc2OC[C@@H]1c1ccccc1. The first-order valence-corrected chi connectivity index (χ1v) is 9.65. The van der Waals surface area contributed by atoms with Crippen LogP contribution in [0.5, 0.6) is 5.75 Å². The number of carbonyl (C=O) groups excluding carboxylic acids is 2. The minimum atomic E-state index is -0.194. The number of para-hydroxylation sites is 2. The number of nitrogens with zero attached hydrogens (tertiary/aromatic N) is 1. The predicted molar refractivity (Wildman–Crippen MR) is 109 cm³/mol. The summed E-state index contributed by atoms with van der Waals surface area (Å²) in [5.74, 6) is 0.625. The third kappa shape index (κ3) is 4.70. The van der Waals surface area contributed by atoms with Gasteiger partial charge in [-0.2, -0.15) is 0 Å².